The average molecular weight is 262 g/mol. The lowest BCUT2D eigenvalue weighted by molar-refractivity contribution is 0.517. The van der Waals surface area contributed by atoms with Crippen LogP contribution in [0.25, 0.3) is 0 Å². The Labute approximate surface area is 101 Å². The van der Waals surface area contributed by atoms with Crippen LogP contribution in [0.2, 0.25) is 0 Å². The molecule has 0 amide bonds. The second kappa shape index (κ2) is 5.77. The molecular weight excluding hydrogens is 244 g/mol. The van der Waals surface area contributed by atoms with Crippen molar-refractivity contribution >= 4 is 21.4 Å². The predicted molar refractivity (Wildman–Crippen MR) is 68.2 cm³/mol. The minimum atomic E-state index is -3.07. The first-order valence-corrected chi connectivity index (χ1v) is 7.50. The van der Waals surface area contributed by atoms with Gasteiger partial charge in [0.15, 0.2) is 0 Å². The zero-order chi connectivity index (χ0) is 12.2. The summed E-state index contributed by atoms with van der Waals surface area (Å²) in [6.07, 6.45) is 0. The largest absolute Gasteiger partial charge is 0.311 e. The highest BCUT2D eigenvalue weighted by Crippen LogP contribution is 2.14. The molecule has 0 spiro atoms. The summed E-state index contributed by atoms with van der Waals surface area (Å²) in [5, 5.41) is 3.13. The van der Waals surface area contributed by atoms with Gasteiger partial charge in [-0.2, -0.15) is 0 Å². The van der Waals surface area contributed by atoms with E-state index >= 15 is 0 Å². The minimum Gasteiger partial charge on any atom is -0.311 e. The van der Waals surface area contributed by atoms with Crippen LogP contribution in [-0.2, 0) is 16.6 Å². The molecule has 0 unspecified atom stereocenters. The van der Waals surface area contributed by atoms with Crippen molar-refractivity contribution in [2.45, 2.75) is 13.5 Å². The van der Waals surface area contributed by atoms with Crippen molar-refractivity contribution in [3.05, 3.63) is 21.9 Å². The van der Waals surface area contributed by atoms with Crippen LogP contribution >= 0.6 is 11.3 Å². The van der Waals surface area contributed by atoms with Gasteiger partial charge in [-0.3, -0.25) is 0 Å². The van der Waals surface area contributed by atoms with Gasteiger partial charge in [0, 0.05) is 36.9 Å². The third kappa shape index (κ3) is 4.21. The Morgan fingerprint density at radius 2 is 2.06 bits per heavy atom. The maximum atomic E-state index is 11.4. The van der Waals surface area contributed by atoms with Crippen LogP contribution in [0, 0.1) is 6.92 Å². The van der Waals surface area contributed by atoms with Crippen molar-refractivity contribution in [3.8, 4) is 0 Å². The molecule has 0 aliphatic rings. The predicted octanol–water partition coefficient (Wildman–Crippen LogP) is 1.04. The van der Waals surface area contributed by atoms with E-state index in [-0.39, 0.29) is 5.75 Å². The number of aryl methyl sites for hydroxylation is 1. The SMILES string of the molecule is Cc1ccc(CNCCS(=O)(=O)N(C)C)s1. The highest BCUT2D eigenvalue weighted by molar-refractivity contribution is 7.89. The van der Waals surface area contributed by atoms with Crippen molar-refractivity contribution in [2.75, 3.05) is 26.4 Å². The average Bonchev–Trinajstić information content (AvgIpc) is 2.59. The standard InChI is InChI=1S/C10H18N2O2S2/c1-9-4-5-10(15-9)8-11-6-7-16(13,14)12(2)3/h4-5,11H,6-8H2,1-3H3. The van der Waals surface area contributed by atoms with E-state index in [0.29, 0.717) is 6.54 Å². The Bertz CT molecular complexity index is 424. The number of nitrogens with zero attached hydrogens (tertiary/aromatic N) is 1. The van der Waals surface area contributed by atoms with E-state index in [4.69, 9.17) is 0 Å². The number of sulfonamides is 1. The highest BCUT2D eigenvalue weighted by atomic mass is 32.2. The molecule has 0 aromatic carbocycles. The molecule has 92 valence electrons. The van der Waals surface area contributed by atoms with Crippen LogP contribution in [0.4, 0.5) is 0 Å². The van der Waals surface area contributed by atoms with Gasteiger partial charge in [0.1, 0.15) is 0 Å². The summed E-state index contributed by atoms with van der Waals surface area (Å²) in [5.41, 5.74) is 0. The lowest BCUT2D eigenvalue weighted by Crippen LogP contribution is -2.30. The third-order valence-corrected chi connectivity index (χ3v) is 5.02. The van der Waals surface area contributed by atoms with Gasteiger partial charge < -0.3 is 5.32 Å². The molecule has 1 heterocycles. The molecule has 1 aromatic heterocycles. The van der Waals surface area contributed by atoms with Crippen LogP contribution in [0.1, 0.15) is 9.75 Å². The summed E-state index contributed by atoms with van der Waals surface area (Å²) >= 11 is 1.73. The molecule has 0 radical (unpaired) electrons. The molecule has 0 bridgehead atoms. The van der Waals surface area contributed by atoms with Gasteiger partial charge in [-0.05, 0) is 19.1 Å². The molecule has 0 fully saturated rings. The summed E-state index contributed by atoms with van der Waals surface area (Å²) in [4.78, 5) is 2.51. The van der Waals surface area contributed by atoms with Gasteiger partial charge in [-0.1, -0.05) is 0 Å². The van der Waals surface area contributed by atoms with E-state index < -0.39 is 10.0 Å². The normalized spacial score (nSPS) is 12.2. The lowest BCUT2D eigenvalue weighted by Gasteiger charge is -2.11. The number of rotatable bonds is 6. The highest BCUT2D eigenvalue weighted by Gasteiger charge is 2.12. The Morgan fingerprint density at radius 3 is 2.56 bits per heavy atom. The molecule has 0 atom stereocenters. The van der Waals surface area contributed by atoms with Crippen molar-refractivity contribution in [2.24, 2.45) is 0 Å². The summed E-state index contributed by atoms with van der Waals surface area (Å²) < 4.78 is 24.1. The van der Waals surface area contributed by atoms with E-state index in [9.17, 15) is 8.42 Å². The van der Waals surface area contributed by atoms with Crippen LogP contribution in [0.5, 0.6) is 0 Å². The monoisotopic (exact) mass is 262 g/mol. The summed E-state index contributed by atoms with van der Waals surface area (Å²) in [6.45, 7) is 3.28. The van der Waals surface area contributed by atoms with E-state index in [0.717, 1.165) is 6.54 Å². The Hall–Kier alpha value is -0.430. The first-order valence-electron chi connectivity index (χ1n) is 5.08. The van der Waals surface area contributed by atoms with Crippen molar-refractivity contribution in [1.29, 1.82) is 0 Å². The first-order chi connectivity index (χ1) is 7.42. The Morgan fingerprint density at radius 1 is 1.38 bits per heavy atom. The van der Waals surface area contributed by atoms with E-state index in [1.807, 2.05) is 0 Å². The van der Waals surface area contributed by atoms with Gasteiger partial charge in [0.25, 0.3) is 0 Å². The molecule has 6 heteroatoms. The topological polar surface area (TPSA) is 49.4 Å². The molecule has 1 rings (SSSR count). The molecule has 0 saturated heterocycles. The molecular formula is C10H18N2O2S2. The molecule has 1 aromatic rings. The second-order valence-corrected chi connectivity index (χ2v) is 7.46. The number of thiophene rings is 1. The quantitative estimate of drug-likeness (QED) is 0.779. The van der Waals surface area contributed by atoms with Gasteiger partial charge in [-0.25, -0.2) is 12.7 Å². The van der Waals surface area contributed by atoms with Crippen LogP contribution in [-0.4, -0.2) is 39.1 Å². The zero-order valence-electron chi connectivity index (χ0n) is 9.86. The van der Waals surface area contributed by atoms with Gasteiger partial charge in [0.2, 0.25) is 10.0 Å². The van der Waals surface area contributed by atoms with Crippen LogP contribution < -0.4 is 5.32 Å². The van der Waals surface area contributed by atoms with Crippen molar-refractivity contribution in [1.82, 2.24) is 9.62 Å². The fourth-order valence-corrected chi connectivity index (χ4v) is 2.80. The van der Waals surface area contributed by atoms with E-state index in [1.54, 1.807) is 25.4 Å². The number of hydrogen-bond donors (Lipinski definition) is 1. The van der Waals surface area contributed by atoms with Crippen molar-refractivity contribution in [3.63, 3.8) is 0 Å². The summed E-state index contributed by atoms with van der Waals surface area (Å²) in [6, 6.07) is 4.13. The second-order valence-electron chi connectivity index (χ2n) is 3.79. The molecule has 0 aliphatic heterocycles. The minimum absolute atomic E-state index is 0.143. The summed E-state index contributed by atoms with van der Waals surface area (Å²) in [7, 11) is 0.0339. The fraction of sp³-hybridized carbons (Fsp3) is 0.600. The maximum absolute atomic E-state index is 11.4. The maximum Gasteiger partial charge on any atom is 0.214 e. The zero-order valence-corrected chi connectivity index (χ0v) is 11.5. The van der Waals surface area contributed by atoms with E-state index in [1.165, 1.54) is 14.1 Å². The molecule has 16 heavy (non-hydrogen) atoms. The molecule has 0 aliphatic carbocycles. The number of hydrogen-bond acceptors (Lipinski definition) is 4. The van der Waals surface area contributed by atoms with Crippen LogP contribution in [0.15, 0.2) is 12.1 Å². The Balaban J connectivity index is 2.27. The summed E-state index contributed by atoms with van der Waals surface area (Å²) in [5.74, 6) is 0.143. The first kappa shape index (κ1) is 13.6. The molecule has 0 saturated carbocycles. The van der Waals surface area contributed by atoms with Gasteiger partial charge in [-0.15, -0.1) is 11.3 Å². The van der Waals surface area contributed by atoms with E-state index in [2.05, 4.69) is 24.4 Å². The number of nitrogens with one attached hydrogen (secondary N) is 1. The fourth-order valence-electron chi connectivity index (χ4n) is 1.18. The molecule has 1 N–H and O–H groups in total. The Kier molecular flexibility index (Phi) is 4.91. The van der Waals surface area contributed by atoms with Crippen molar-refractivity contribution < 1.29 is 8.42 Å². The van der Waals surface area contributed by atoms with Gasteiger partial charge in [0.05, 0.1) is 5.75 Å². The van der Waals surface area contributed by atoms with Gasteiger partial charge >= 0.3 is 0 Å². The third-order valence-electron chi connectivity index (χ3n) is 2.19. The smallest absolute Gasteiger partial charge is 0.214 e. The van der Waals surface area contributed by atoms with Crippen LogP contribution in [0.3, 0.4) is 0 Å². The lowest BCUT2D eigenvalue weighted by atomic mass is 10.4. The molecule has 4 nitrogen and oxygen atoms in total.